The van der Waals surface area contributed by atoms with Crippen LogP contribution in [0.2, 0.25) is 5.02 Å². The Morgan fingerprint density at radius 1 is 1.05 bits per heavy atom. The summed E-state index contributed by atoms with van der Waals surface area (Å²) in [4.78, 5) is 16.1. The zero-order valence-corrected chi connectivity index (χ0v) is 25.3. The Balaban J connectivity index is 1.28. The quantitative estimate of drug-likeness (QED) is 0.223. The van der Waals surface area contributed by atoms with E-state index in [2.05, 4.69) is 10.3 Å². The third kappa shape index (κ3) is 5.73. The third-order valence-electron chi connectivity index (χ3n) is 6.90. The Morgan fingerprint density at radius 2 is 1.88 bits per heavy atom. The first-order valence-electron chi connectivity index (χ1n) is 13.1. The number of hydrogen-bond acceptors (Lipinski definition) is 10. The summed E-state index contributed by atoms with van der Waals surface area (Å²) in [7, 11) is -0.160. The SMILES string of the molecule is CN(CCN(C)S(=O)(=O)c1cccs1)c1nc(NCc2ccc3c(c2)OCO3)c2ncn(Cc3ccccc3Cl)c2n1. The molecule has 3 aromatic heterocycles. The van der Waals surface area contributed by atoms with Crippen LogP contribution in [0.4, 0.5) is 11.8 Å². The lowest BCUT2D eigenvalue weighted by Crippen LogP contribution is -2.35. The van der Waals surface area contributed by atoms with Crippen LogP contribution < -0.4 is 19.7 Å². The minimum absolute atomic E-state index is 0.209. The Morgan fingerprint density at radius 3 is 2.69 bits per heavy atom. The number of nitrogens with zero attached hydrogens (tertiary/aromatic N) is 6. The van der Waals surface area contributed by atoms with Crippen molar-refractivity contribution in [1.29, 1.82) is 0 Å². The maximum atomic E-state index is 12.9. The number of fused-ring (bicyclic) bond motifs is 2. The predicted octanol–water partition coefficient (Wildman–Crippen LogP) is 4.69. The van der Waals surface area contributed by atoms with Crippen LogP contribution in [0.25, 0.3) is 11.2 Å². The number of ether oxygens (including phenoxy) is 2. The number of nitrogens with one attached hydrogen (secondary N) is 1. The minimum Gasteiger partial charge on any atom is -0.454 e. The molecule has 0 radical (unpaired) electrons. The molecule has 218 valence electrons. The molecule has 1 aliphatic rings. The smallest absolute Gasteiger partial charge is 0.252 e. The van der Waals surface area contributed by atoms with Crippen molar-refractivity contribution in [2.24, 2.45) is 0 Å². The van der Waals surface area contributed by atoms with Crippen LogP contribution >= 0.6 is 22.9 Å². The van der Waals surface area contributed by atoms with E-state index in [0.29, 0.717) is 57.5 Å². The van der Waals surface area contributed by atoms with Gasteiger partial charge in [0, 0.05) is 38.8 Å². The van der Waals surface area contributed by atoms with E-state index < -0.39 is 10.0 Å². The van der Waals surface area contributed by atoms with Gasteiger partial charge in [0.25, 0.3) is 10.0 Å². The van der Waals surface area contributed by atoms with Crippen molar-refractivity contribution in [3.05, 3.63) is 82.5 Å². The van der Waals surface area contributed by atoms with Gasteiger partial charge in [0.1, 0.15) is 4.21 Å². The number of benzene rings is 2. The highest BCUT2D eigenvalue weighted by Gasteiger charge is 2.23. The predicted molar refractivity (Wildman–Crippen MR) is 163 cm³/mol. The van der Waals surface area contributed by atoms with Gasteiger partial charge in [0.2, 0.25) is 12.7 Å². The Hall–Kier alpha value is -3.91. The fourth-order valence-corrected chi connectivity index (χ4v) is 7.02. The zero-order chi connectivity index (χ0) is 29.3. The van der Waals surface area contributed by atoms with Gasteiger partial charge in [-0.1, -0.05) is 41.9 Å². The summed E-state index contributed by atoms with van der Waals surface area (Å²) in [6, 6.07) is 16.8. The van der Waals surface area contributed by atoms with Gasteiger partial charge in [-0.25, -0.2) is 13.4 Å². The van der Waals surface area contributed by atoms with Crippen molar-refractivity contribution in [1.82, 2.24) is 23.8 Å². The van der Waals surface area contributed by atoms with E-state index >= 15 is 0 Å². The van der Waals surface area contributed by atoms with Gasteiger partial charge in [-0.3, -0.25) is 0 Å². The minimum atomic E-state index is -3.57. The maximum absolute atomic E-state index is 12.9. The summed E-state index contributed by atoms with van der Waals surface area (Å²) < 4.78 is 40.3. The summed E-state index contributed by atoms with van der Waals surface area (Å²) >= 11 is 7.64. The number of rotatable bonds is 11. The topological polar surface area (TPSA) is 115 Å². The molecule has 1 N–H and O–H groups in total. The molecule has 0 spiro atoms. The molecule has 0 amide bonds. The van der Waals surface area contributed by atoms with Crippen molar-refractivity contribution in [3.8, 4) is 11.5 Å². The second-order valence-corrected chi connectivity index (χ2v) is 13.4. The number of sulfonamides is 1. The lowest BCUT2D eigenvalue weighted by molar-refractivity contribution is 0.174. The molecule has 0 fully saturated rings. The number of likely N-dealkylation sites (N-methyl/N-ethyl adjacent to an activating group) is 2. The highest BCUT2D eigenvalue weighted by Crippen LogP contribution is 2.33. The monoisotopic (exact) mass is 625 g/mol. The molecule has 0 aliphatic carbocycles. The fraction of sp³-hybridized carbons (Fsp3) is 0.250. The first kappa shape index (κ1) is 28.2. The molecule has 0 unspecified atom stereocenters. The second kappa shape index (κ2) is 11.8. The largest absolute Gasteiger partial charge is 0.454 e. The zero-order valence-electron chi connectivity index (χ0n) is 22.9. The molecule has 4 heterocycles. The van der Waals surface area contributed by atoms with Gasteiger partial charge >= 0.3 is 0 Å². The standard InChI is InChI=1S/C28H28ClN7O4S2/c1-34(11-12-35(2)42(37,38)24-8-5-13-41-24)28-32-26(30-15-19-9-10-22-23(14-19)40-18-39-22)25-27(33-28)36(17-31-25)16-20-6-3-4-7-21(20)29/h3-10,13-14,17H,11-12,15-16,18H2,1-2H3,(H,30,32,33). The number of anilines is 2. The van der Waals surface area contributed by atoms with Crippen LogP contribution in [0.15, 0.2) is 70.5 Å². The highest BCUT2D eigenvalue weighted by atomic mass is 35.5. The van der Waals surface area contributed by atoms with Crippen molar-refractivity contribution in [3.63, 3.8) is 0 Å². The third-order valence-corrected chi connectivity index (χ3v) is 10.5. The molecule has 0 atom stereocenters. The molecule has 1 aliphatic heterocycles. The van der Waals surface area contributed by atoms with Gasteiger partial charge in [0.05, 0.1) is 12.9 Å². The molecule has 0 saturated heterocycles. The van der Waals surface area contributed by atoms with Gasteiger partial charge in [-0.15, -0.1) is 11.3 Å². The summed E-state index contributed by atoms with van der Waals surface area (Å²) in [5.74, 6) is 2.40. The molecular formula is C28H28ClN7O4S2. The van der Waals surface area contributed by atoms with E-state index in [0.717, 1.165) is 16.9 Å². The second-order valence-electron chi connectivity index (χ2n) is 9.73. The first-order chi connectivity index (χ1) is 20.3. The Kier molecular flexibility index (Phi) is 7.90. The van der Waals surface area contributed by atoms with Crippen LogP contribution in [-0.2, 0) is 23.1 Å². The first-order valence-corrected chi connectivity index (χ1v) is 15.8. The molecule has 2 aromatic carbocycles. The van der Waals surface area contributed by atoms with Gasteiger partial charge < -0.3 is 24.3 Å². The van der Waals surface area contributed by atoms with E-state index in [4.69, 9.17) is 31.0 Å². The number of thiophene rings is 1. The normalized spacial score (nSPS) is 12.8. The van der Waals surface area contributed by atoms with Crippen LogP contribution in [0, 0.1) is 0 Å². The van der Waals surface area contributed by atoms with E-state index in [1.807, 2.05) is 59.0 Å². The summed E-state index contributed by atoms with van der Waals surface area (Å²) in [5, 5.41) is 5.81. The van der Waals surface area contributed by atoms with Crippen LogP contribution in [0.1, 0.15) is 11.1 Å². The van der Waals surface area contributed by atoms with Crippen LogP contribution in [0.3, 0.4) is 0 Å². The molecule has 5 aromatic rings. The molecule has 0 bridgehead atoms. The molecule has 6 rings (SSSR count). The van der Waals surface area contributed by atoms with Gasteiger partial charge in [-0.2, -0.15) is 14.3 Å². The lowest BCUT2D eigenvalue weighted by atomic mass is 10.2. The number of aromatic nitrogens is 4. The number of hydrogen-bond donors (Lipinski definition) is 1. The van der Waals surface area contributed by atoms with Gasteiger partial charge in [-0.05, 0) is 40.8 Å². The summed E-state index contributed by atoms with van der Waals surface area (Å²) in [6.07, 6.45) is 1.72. The van der Waals surface area contributed by atoms with E-state index in [-0.39, 0.29) is 13.3 Å². The van der Waals surface area contributed by atoms with E-state index in [1.165, 1.54) is 15.6 Å². The maximum Gasteiger partial charge on any atom is 0.252 e. The molecule has 11 nitrogen and oxygen atoms in total. The van der Waals surface area contributed by atoms with Crippen LogP contribution in [-0.4, -0.2) is 66.2 Å². The van der Waals surface area contributed by atoms with Gasteiger partial charge in [0.15, 0.2) is 28.5 Å². The van der Waals surface area contributed by atoms with Crippen molar-refractivity contribution in [2.75, 3.05) is 44.2 Å². The Labute approximate surface area is 252 Å². The lowest BCUT2D eigenvalue weighted by Gasteiger charge is -2.22. The highest BCUT2D eigenvalue weighted by molar-refractivity contribution is 7.91. The number of imidazole rings is 1. The van der Waals surface area contributed by atoms with Crippen molar-refractivity contribution < 1.29 is 17.9 Å². The average Bonchev–Trinajstić information content (AvgIpc) is 3.77. The summed E-state index contributed by atoms with van der Waals surface area (Å²) in [6.45, 7) is 1.76. The van der Waals surface area contributed by atoms with Crippen LogP contribution in [0.5, 0.6) is 11.5 Å². The molecule has 14 heteroatoms. The summed E-state index contributed by atoms with van der Waals surface area (Å²) in [5.41, 5.74) is 3.15. The molecule has 42 heavy (non-hydrogen) atoms. The van der Waals surface area contributed by atoms with Crippen molar-refractivity contribution in [2.45, 2.75) is 17.3 Å². The fourth-order valence-electron chi connectivity index (χ4n) is 4.46. The van der Waals surface area contributed by atoms with E-state index in [9.17, 15) is 8.42 Å². The average molecular weight is 626 g/mol. The van der Waals surface area contributed by atoms with Crippen molar-refractivity contribution >= 4 is 55.9 Å². The Bertz CT molecular complexity index is 1830. The van der Waals surface area contributed by atoms with E-state index in [1.54, 1.807) is 30.9 Å². The molecular weight excluding hydrogens is 598 g/mol. The number of halogens is 1. The molecule has 0 saturated carbocycles.